The van der Waals surface area contributed by atoms with Gasteiger partial charge in [-0.3, -0.25) is 6.08 Å². The predicted molar refractivity (Wildman–Crippen MR) is 46.2 cm³/mol. The zero-order valence-corrected chi connectivity index (χ0v) is 10.6. The standard InChI is InChI=1S/C5H7O.2C2H5.Zn/c1-2-3-4-5-6;2*1-2;/h1-2,5H,3-4H2;2*1H2,2H3;/q3*-1;. The molecule has 0 radical (unpaired) electrons. The van der Waals surface area contributed by atoms with Gasteiger partial charge in [-0.25, -0.2) is 0 Å². The normalized spacial score (nSPS) is 5.09. The summed E-state index contributed by atoms with van der Waals surface area (Å²) in [6.07, 6.45) is 3.58. The molecule has 0 unspecified atom stereocenters. The number of hydrogen-bond donors (Lipinski definition) is 0. The molecule has 64 valence electrons. The molecule has 0 aliphatic carbocycles. The molecule has 1 nitrogen and oxygen atoms in total. The molecular weight excluding hydrogens is 189 g/mol. The third-order valence-corrected chi connectivity index (χ3v) is 0.451. The SMILES string of the molecule is [CH-]=CCCC=O.[CH2-]C.[CH2-]C.[Zn]. The van der Waals surface area contributed by atoms with E-state index in [9.17, 15) is 4.79 Å². The fourth-order valence-electron chi connectivity index (χ4n) is 0.164. The topological polar surface area (TPSA) is 17.1 Å². The van der Waals surface area contributed by atoms with Gasteiger partial charge in [-0.2, -0.15) is 13.8 Å². The van der Waals surface area contributed by atoms with Crippen LogP contribution in [0, 0.1) is 20.4 Å². The fraction of sp³-hybridized carbons (Fsp3) is 0.444. The average Bonchev–Trinajstić information content (AvgIpc) is 2.08. The molecule has 0 saturated heterocycles. The number of rotatable bonds is 3. The molecule has 0 atom stereocenters. The zero-order chi connectivity index (χ0) is 8.83. The van der Waals surface area contributed by atoms with Crippen LogP contribution in [0.5, 0.6) is 0 Å². The quantitative estimate of drug-likeness (QED) is 0.300. The Hall–Kier alpha value is 0.0334. The van der Waals surface area contributed by atoms with Gasteiger partial charge in [0, 0.05) is 25.9 Å². The van der Waals surface area contributed by atoms with Crippen molar-refractivity contribution < 1.29 is 24.3 Å². The summed E-state index contributed by atoms with van der Waals surface area (Å²) in [6, 6.07) is 0. The molecule has 0 saturated carbocycles. The van der Waals surface area contributed by atoms with E-state index < -0.39 is 0 Å². The van der Waals surface area contributed by atoms with E-state index in [4.69, 9.17) is 6.58 Å². The van der Waals surface area contributed by atoms with Gasteiger partial charge >= 0.3 is 0 Å². The fourth-order valence-corrected chi connectivity index (χ4v) is 0.164. The van der Waals surface area contributed by atoms with Gasteiger partial charge in [0.15, 0.2) is 0 Å². The van der Waals surface area contributed by atoms with Crippen LogP contribution in [0.15, 0.2) is 6.08 Å². The van der Waals surface area contributed by atoms with Crippen LogP contribution in [0.4, 0.5) is 0 Å². The Kier molecular flexibility index (Phi) is 103. The minimum atomic E-state index is 0. The molecule has 0 aromatic heterocycles. The van der Waals surface area contributed by atoms with Gasteiger partial charge in [0.05, 0.1) is 0 Å². The molecule has 0 fully saturated rings. The Bertz CT molecular complexity index is 45.5. The molecule has 11 heavy (non-hydrogen) atoms. The van der Waals surface area contributed by atoms with Crippen LogP contribution >= 0.6 is 0 Å². The minimum Gasteiger partial charge on any atom is -0.518 e. The summed E-state index contributed by atoms with van der Waals surface area (Å²) in [5, 5.41) is 0. The van der Waals surface area contributed by atoms with Crippen molar-refractivity contribution in [1.82, 2.24) is 0 Å². The van der Waals surface area contributed by atoms with Gasteiger partial charge in [0.25, 0.3) is 0 Å². The molecule has 0 spiro atoms. The first-order chi connectivity index (χ1) is 4.91. The first-order valence-corrected chi connectivity index (χ1v) is 3.30. The number of carbonyl (C=O) groups is 1. The Morgan fingerprint density at radius 3 is 1.64 bits per heavy atom. The van der Waals surface area contributed by atoms with Gasteiger partial charge < -0.3 is 25.2 Å². The maximum absolute atomic E-state index is 9.49. The maximum Gasteiger partial charge on any atom is 0.120 e. The van der Waals surface area contributed by atoms with Gasteiger partial charge in [0.1, 0.15) is 6.29 Å². The van der Waals surface area contributed by atoms with Gasteiger partial charge in [-0.05, 0) is 0 Å². The summed E-state index contributed by atoms with van der Waals surface area (Å²) in [7, 11) is 0. The van der Waals surface area contributed by atoms with Crippen molar-refractivity contribution in [3.8, 4) is 0 Å². The monoisotopic (exact) mass is 205 g/mol. The molecule has 0 aromatic rings. The summed E-state index contributed by atoms with van der Waals surface area (Å²) in [5.74, 6) is 0. The first-order valence-electron chi connectivity index (χ1n) is 3.30. The van der Waals surface area contributed by atoms with Crippen LogP contribution in [-0.4, -0.2) is 6.29 Å². The van der Waals surface area contributed by atoms with E-state index in [0.717, 1.165) is 6.29 Å². The van der Waals surface area contributed by atoms with Gasteiger partial charge in [-0.15, -0.1) is 0 Å². The van der Waals surface area contributed by atoms with Gasteiger partial charge in [-0.1, -0.05) is 6.42 Å². The van der Waals surface area contributed by atoms with E-state index in [1.165, 1.54) is 6.08 Å². The molecule has 0 aromatic carbocycles. The predicted octanol–water partition coefficient (Wildman–Crippen LogP) is 2.63. The number of hydrogen-bond acceptors (Lipinski definition) is 1. The Morgan fingerprint density at radius 2 is 1.55 bits per heavy atom. The Balaban J connectivity index is -0.0000000428. The summed E-state index contributed by atoms with van der Waals surface area (Å²) >= 11 is 0. The van der Waals surface area contributed by atoms with E-state index in [1.807, 2.05) is 0 Å². The first kappa shape index (κ1) is 22.5. The largest absolute Gasteiger partial charge is 0.518 e. The molecule has 0 aliphatic rings. The summed E-state index contributed by atoms with van der Waals surface area (Å²) < 4.78 is 0. The molecule has 0 bridgehead atoms. The van der Waals surface area contributed by atoms with Crippen LogP contribution < -0.4 is 0 Å². The van der Waals surface area contributed by atoms with Crippen LogP contribution in [0.25, 0.3) is 0 Å². The van der Waals surface area contributed by atoms with E-state index in [0.29, 0.717) is 12.8 Å². The van der Waals surface area contributed by atoms with Crippen LogP contribution in [0.1, 0.15) is 26.7 Å². The van der Waals surface area contributed by atoms with Crippen LogP contribution in [0.3, 0.4) is 0 Å². The van der Waals surface area contributed by atoms with Crippen molar-refractivity contribution in [2.75, 3.05) is 0 Å². The van der Waals surface area contributed by atoms with Crippen molar-refractivity contribution in [2.24, 2.45) is 0 Å². The second kappa shape index (κ2) is 50.3. The number of aldehydes is 1. The second-order valence-corrected chi connectivity index (χ2v) is 0.980. The van der Waals surface area contributed by atoms with Crippen LogP contribution in [0.2, 0.25) is 0 Å². The molecule has 2 heteroatoms. The van der Waals surface area contributed by atoms with E-state index >= 15 is 0 Å². The number of carbonyl (C=O) groups excluding carboxylic acids is 1. The van der Waals surface area contributed by atoms with Gasteiger partial charge in [0.2, 0.25) is 0 Å². The van der Waals surface area contributed by atoms with E-state index in [2.05, 4.69) is 13.8 Å². The molecule has 0 amide bonds. The van der Waals surface area contributed by atoms with Crippen molar-refractivity contribution >= 4 is 6.29 Å². The van der Waals surface area contributed by atoms with Crippen molar-refractivity contribution in [3.05, 3.63) is 26.5 Å². The van der Waals surface area contributed by atoms with E-state index in [-0.39, 0.29) is 19.5 Å². The molecule has 0 aliphatic heterocycles. The third kappa shape index (κ3) is 70.4. The zero-order valence-electron chi connectivity index (χ0n) is 7.68. The second-order valence-electron chi connectivity index (χ2n) is 0.980. The summed E-state index contributed by atoms with van der Waals surface area (Å²) in [4.78, 5) is 9.49. The summed E-state index contributed by atoms with van der Waals surface area (Å²) in [6.45, 7) is 14.9. The molecule has 0 rings (SSSR count). The molecule has 0 heterocycles. The molecule has 0 N–H and O–H groups in total. The van der Waals surface area contributed by atoms with E-state index in [1.54, 1.807) is 13.8 Å². The van der Waals surface area contributed by atoms with Crippen LogP contribution in [-0.2, 0) is 24.3 Å². The minimum absolute atomic E-state index is 0. The smallest absolute Gasteiger partial charge is 0.120 e. The van der Waals surface area contributed by atoms with Crippen molar-refractivity contribution in [1.29, 1.82) is 0 Å². The summed E-state index contributed by atoms with van der Waals surface area (Å²) in [5.41, 5.74) is 0. The molecular formula is C9H17OZn-3. The van der Waals surface area contributed by atoms with Crippen molar-refractivity contribution in [2.45, 2.75) is 26.7 Å². The Morgan fingerprint density at radius 1 is 1.18 bits per heavy atom. The van der Waals surface area contributed by atoms with Crippen molar-refractivity contribution in [3.63, 3.8) is 0 Å². The number of unbranched alkanes of at least 4 members (excludes halogenated alkanes) is 1. The number of allylic oxidation sites excluding steroid dienone is 1. The third-order valence-electron chi connectivity index (χ3n) is 0.451. The average molecular weight is 207 g/mol. The Labute approximate surface area is 84.0 Å². The maximum atomic E-state index is 9.49.